The topological polar surface area (TPSA) is 81.3 Å². The van der Waals surface area contributed by atoms with Gasteiger partial charge >= 0.3 is 0 Å². The van der Waals surface area contributed by atoms with Crippen molar-refractivity contribution in [3.8, 4) is 0 Å². The highest BCUT2D eigenvalue weighted by Crippen LogP contribution is 2.28. The lowest BCUT2D eigenvalue weighted by Gasteiger charge is -2.25. The zero-order valence-electron chi connectivity index (χ0n) is 16.4. The number of rotatable bonds is 6. The van der Waals surface area contributed by atoms with Crippen LogP contribution in [0.5, 0.6) is 0 Å². The summed E-state index contributed by atoms with van der Waals surface area (Å²) in [4.78, 5) is 25.2. The molecule has 8 heteroatoms. The maximum atomic E-state index is 13.1. The number of nitrogens with zero attached hydrogens (tertiary/aromatic N) is 4. The molecule has 0 aliphatic heterocycles. The molecule has 0 fully saturated rings. The van der Waals surface area contributed by atoms with E-state index in [9.17, 15) is 14.9 Å². The van der Waals surface area contributed by atoms with Crippen molar-refractivity contribution in [1.82, 2.24) is 14.7 Å². The van der Waals surface area contributed by atoms with Gasteiger partial charge in [-0.2, -0.15) is 5.10 Å². The summed E-state index contributed by atoms with van der Waals surface area (Å²) in [6, 6.07) is 15.6. The third-order valence-electron chi connectivity index (χ3n) is 4.92. The third-order valence-corrected chi connectivity index (χ3v) is 5.30. The lowest BCUT2D eigenvalue weighted by Crippen LogP contribution is -2.30. The molecule has 0 saturated carbocycles. The Kier molecular flexibility index (Phi) is 5.98. The fraction of sp³-hybridized carbons (Fsp3) is 0.238. The molecule has 1 amide bonds. The van der Waals surface area contributed by atoms with E-state index in [2.05, 4.69) is 5.10 Å². The lowest BCUT2D eigenvalue weighted by molar-refractivity contribution is -0.384. The van der Waals surface area contributed by atoms with Gasteiger partial charge in [-0.3, -0.25) is 14.9 Å². The van der Waals surface area contributed by atoms with E-state index >= 15 is 0 Å². The summed E-state index contributed by atoms with van der Waals surface area (Å²) in [6.45, 7) is 4.01. The van der Waals surface area contributed by atoms with Crippen LogP contribution in [0.15, 0.2) is 54.6 Å². The first-order chi connectivity index (χ1) is 13.8. The Morgan fingerprint density at radius 3 is 2.59 bits per heavy atom. The molecule has 7 nitrogen and oxygen atoms in total. The molecule has 0 radical (unpaired) electrons. The normalized spacial score (nSPS) is 11.9. The highest BCUT2D eigenvalue weighted by molar-refractivity contribution is 6.33. The second-order valence-electron chi connectivity index (χ2n) is 6.84. The van der Waals surface area contributed by atoms with E-state index in [1.165, 1.54) is 17.0 Å². The van der Waals surface area contributed by atoms with Crippen molar-refractivity contribution in [2.24, 2.45) is 0 Å². The van der Waals surface area contributed by atoms with Crippen molar-refractivity contribution < 1.29 is 9.72 Å². The van der Waals surface area contributed by atoms with Gasteiger partial charge in [-0.15, -0.1) is 0 Å². The summed E-state index contributed by atoms with van der Waals surface area (Å²) in [5.74, 6) is -0.286. The minimum absolute atomic E-state index is 0.0138. The van der Waals surface area contributed by atoms with Gasteiger partial charge in [-0.25, -0.2) is 4.68 Å². The quantitative estimate of drug-likeness (QED) is 0.436. The van der Waals surface area contributed by atoms with E-state index in [0.717, 1.165) is 5.56 Å². The molecule has 0 spiro atoms. The number of carbonyl (C=O) groups is 1. The molecule has 0 saturated heterocycles. The summed E-state index contributed by atoms with van der Waals surface area (Å²) < 4.78 is 1.60. The average Bonchev–Trinajstić information content (AvgIpc) is 3.00. The molecule has 1 unspecified atom stereocenters. The summed E-state index contributed by atoms with van der Waals surface area (Å²) in [5, 5.41) is 15.7. The zero-order valence-corrected chi connectivity index (χ0v) is 17.1. The first kappa shape index (κ1) is 20.5. The van der Waals surface area contributed by atoms with Crippen molar-refractivity contribution in [1.29, 1.82) is 0 Å². The molecule has 1 aromatic heterocycles. The predicted molar refractivity (Wildman–Crippen MR) is 111 cm³/mol. The predicted octanol–water partition coefficient (Wildman–Crippen LogP) is 4.63. The van der Waals surface area contributed by atoms with Gasteiger partial charge < -0.3 is 4.90 Å². The van der Waals surface area contributed by atoms with Crippen LogP contribution in [0.1, 0.15) is 40.1 Å². The number of nitro groups is 1. The van der Waals surface area contributed by atoms with Crippen LogP contribution in [0.2, 0.25) is 5.15 Å². The molecule has 1 heterocycles. The Bertz CT molecular complexity index is 1050. The van der Waals surface area contributed by atoms with E-state index in [0.29, 0.717) is 23.4 Å². The first-order valence-electron chi connectivity index (χ1n) is 9.08. The monoisotopic (exact) mass is 412 g/mol. The number of halogens is 1. The van der Waals surface area contributed by atoms with Crippen molar-refractivity contribution in [2.75, 3.05) is 7.05 Å². The van der Waals surface area contributed by atoms with Crippen LogP contribution in [-0.2, 0) is 6.54 Å². The van der Waals surface area contributed by atoms with Gasteiger partial charge in [-0.05, 0) is 25.0 Å². The molecular weight excluding hydrogens is 392 g/mol. The minimum Gasteiger partial charge on any atom is -0.335 e. The van der Waals surface area contributed by atoms with Crippen LogP contribution in [0.3, 0.4) is 0 Å². The van der Waals surface area contributed by atoms with Crippen molar-refractivity contribution in [3.05, 3.63) is 92.2 Å². The van der Waals surface area contributed by atoms with Crippen LogP contribution < -0.4 is 0 Å². The number of nitro benzene ring substituents is 1. The molecule has 0 aliphatic carbocycles. The van der Waals surface area contributed by atoms with Crippen LogP contribution in [0.4, 0.5) is 5.69 Å². The van der Waals surface area contributed by atoms with Crippen molar-refractivity contribution >= 4 is 23.2 Å². The molecule has 29 heavy (non-hydrogen) atoms. The third kappa shape index (κ3) is 4.30. The van der Waals surface area contributed by atoms with E-state index < -0.39 is 4.92 Å². The van der Waals surface area contributed by atoms with E-state index in [4.69, 9.17) is 11.6 Å². The Morgan fingerprint density at radius 1 is 1.24 bits per heavy atom. The maximum Gasteiger partial charge on any atom is 0.269 e. The number of hydrogen-bond donors (Lipinski definition) is 0. The molecule has 0 N–H and O–H groups in total. The Hall–Kier alpha value is -3.19. The van der Waals surface area contributed by atoms with Gasteiger partial charge in [0.05, 0.1) is 28.8 Å². The largest absolute Gasteiger partial charge is 0.335 e. The molecule has 0 aliphatic rings. The highest BCUT2D eigenvalue weighted by atomic mass is 35.5. The van der Waals surface area contributed by atoms with Crippen molar-refractivity contribution in [2.45, 2.75) is 26.4 Å². The zero-order chi connectivity index (χ0) is 21.1. The summed E-state index contributed by atoms with van der Waals surface area (Å²) in [7, 11) is 1.65. The van der Waals surface area contributed by atoms with Crippen LogP contribution >= 0.6 is 11.6 Å². The van der Waals surface area contributed by atoms with Gasteiger partial charge in [0.15, 0.2) is 0 Å². The lowest BCUT2D eigenvalue weighted by atomic mass is 10.1. The SMILES string of the molecule is Cc1nn(Cc2ccccc2)c(Cl)c1C(=O)N(C)C(C)c1cccc([N+](=O)[O-])c1. The van der Waals surface area contributed by atoms with E-state index in [1.54, 1.807) is 30.8 Å². The second kappa shape index (κ2) is 8.45. The minimum atomic E-state index is -0.452. The van der Waals surface area contributed by atoms with Gasteiger partial charge in [-0.1, -0.05) is 54.1 Å². The standard InChI is InChI=1S/C21H21ClN4O3/c1-14-19(20(22)25(23-14)13-16-8-5-4-6-9-16)21(27)24(3)15(2)17-10-7-11-18(12-17)26(28)29/h4-12,15H,13H2,1-3H3. The number of amides is 1. The Morgan fingerprint density at radius 2 is 1.93 bits per heavy atom. The first-order valence-corrected chi connectivity index (χ1v) is 9.45. The number of benzene rings is 2. The number of carbonyl (C=O) groups excluding carboxylic acids is 1. The van der Waals surface area contributed by atoms with Crippen LogP contribution in [-0.4, -0.2) is 32.6 Å². The van der Waals surface area contributed by atoms with Crippen LogP contribution in [0.25, 0.3) is 0 Å². The summed E-state index contributed by atoms with van der Waals surface area (Å²) in [6.07, 6.45) is 0. The molecule has 1 atom stereocenters. The van der Waals surface area contributed by atoms with E-state index in [-0.39, 0.29) is 22.8 Å². The highest BCUT2D eigenvalue weighted by Gasteiger charge is 2.27. The molecule has 3 rings (SSSR count). The number of aryl methyl sites for hydroxylation is 1. The Balaban J connectivity index is 1.86. The average molecular weight is 413 g/mol. The molecular formula is C21H21ClN4O3. The molecule has 150 valence electrons. The number of aromatic nitrogens is 2. The second-order valence-corrected chi connectivity index (χ2v) is 7.20. The smallest absolute Gasteiger partial charge is 0.269 e. The molecule has 3 aromatic rings. The Labute approximate surface area is 173 Å². The summed E-state index contributed by atoms with van der Waals surface area (Å²) >= 11 is 6.50. The molecule has 2 aromatic carbocycles. The van der Waals surface area contributed by atoms with Gasteiger partial charge in [0.2, 0.25) is 0 Å². The van der Waals surface area contributed by atoms with Gasteiger partial charge in [0.1, 0.15) is 5.15 Å². The molecule has 0 bridgehead atoms. The fourth-order valence-electron chi connectivity index (χ4n) is 3.13. The summed E-state index contributed by atoms with van der Waals surface area (Å²) in [5.41, 5.74) is 2.55. The van der Waals surface area contributed by atoms with Crippen molar-refractivity contribution in [3.63, 3.8) is 0 Å². The van der Waals surface area contributed by atoms with E-state index in [1.807, 2.05) is 37.3 Å². The maximum absolute atomic E-state index is 13.1. The van der Waals surface area contributed by atoms with Gasteiger partial charge in [0.25, 0.3) is 11.6 Å². The number of non-ortho nitro benzene ring substituents is 1. The van der Waals surface area contributed by atoms with Gasteiger partial charge in [0, 0.05) is 19.2 Å². The number of hydrogen-bond acceptors (Lipinski definition) is 4. The van der Waals surface area contributed by atoms with Crippen LogP contribution in [0, 0.1) is 17.0 Å². The fourth-order valence-corrected chi connectivity index (χ4v) is 3.45.